The summed E-state index contributed by atoms with van der Waals surface area (Å²) in [7, 11) is 0. The highest BCUT2D eigenvalue weighted by atomic mass is 16.4. The van der Waals surface area contributed by atoms with Crippen LogP contribution >= 0.6 is 0 Å². The highest BCUT2D eigenvalue weighted by Gasteiger charge is 1.90. The van der Waals surface area contributed by atoms with Crippen molar-refractivity contribution in [3.8, 4) is 0 Å². The van der Waals surface area contributed by atoms with E-state index in [1.807, 2.05) is 0 Å². The molecule has 58 valence electrons. The second-order valence-corrected chi connectivity index (χ2v) is 2.71. The van der Waals surface area contributed by atoms with E-state index in [2.05, 4.69) is 13.8 Å². The van der Waals surface area contributed by atoms with Gasteiger partial charge in [-0.05, 0) is 18.8 Å². The van der Waals surface area contributed by atoms with Crippen molar-refractivity contribution in [2.24, 2.45) is 5.92 Å². The molecule has 1 N–H and O–H groups in total. The quantitative estimate of drug-likeness (QED) is 0.610. The molecule has 0 unspecified atom stereocenters. The van der Waals surface area contributed by atoms with E-state index in [0.717, 1.165) is 12.8 Å². The van der Waals surface area contributed by atoms with Gasteiger partial charge in [-0.1, -0.05) is 19.9 Å². The minimum atomic E-state index is -0.858. The Morgan fingerprint density at radius 3 is 2.60 bits per heavy atom. The molecule has 2 nitrogen and oxygen atoms in total. The van der Waals surface area contributed by atoms with Gasteiger partial charge in [0.15, 0.2) is 0 Å². The molecule has 0 amide bonds. The molecule has 0 aliphatic rings. The third-order valence-corrected chi connectivity index (χ3v) is 1.17. The third kappa shape index (κ3) is 7.21. The van der Waals surface area contributed by atoms with Crippen LogP contribution in [0.2, 0.25) is 0 Å². The largest absolute Gasteiger partial charge is 0.478 e. The van der Waals surface area contributed by atoms with Crippen LogP contribution in [0.5, 0.6) is 0 Å². The Hall–Kier alpha value is -0.790. The molecular weight excluding hydrogens is 128 g/mol. The van der Waals surface area contributed by atoms with Gasteiger partial charge in [-0.2, -0.15) is 0 Å². The van der Waals surface area contributed by atoms with Crippen LogP contribution in [0.25, 0.3) is 0 Å². The second kappa shape index (κ2) is 5.03. The van der Waals surface area contributed by atoms with Crippen LogP contribution in [0, 0.1) is 5.92 Å². The van der Waals surface area contributed by atoms with Gasteiger partial charge >= 0.3 is 5.97 Å². The molecule has 0 spiro atoms. The molecule has 0 aromatic carbocycles. The van der Waals surface area contributed by atoms with Gasteiger partial charge in [0.2, 0.25) is 0 Å². The van der Waals surface area contributed by atoms with E-state index >= 15 is 0 Å². The van der Waals surface area contributed by atoms with Crippen molar-refractivity contribution in [1.82, 2.24) is 0 Å². The maximum atomic E-state index is 9.96. The summed E-state index contributed by atoms with van der Waals surface area (Å²) in [6.07, 6.45) is 4.82. The number of hydrogen-bond acceptors (Lipinski definition) is 1. The summed E-state index contributed by atoms with van der Waals surface area (Å²) in [6, 6.07) is 0. The van der Waals surface area contributed by atoms with Crippen LogP contribution in [0.15, 0.2) is 12.2 Å². The van der Waals surface area contributed by atoms with Crippen molar-refractivity contribution in [2.75, 3.05) is 0 Å². The van der Waals surface area contributed by atoms with Crippen molar-refractivity contribution in [1.29, 1.82) is 0 Å². The zero-order valence-corrected chi connectivity index (χ0v) is 6.50. The van der Waals surface area contributed by atoms with Gasteiger partial charge in [0.05, 0.1) is 0 Å². The molecule has 2 heteroatoms. The van der Waals surface area contributed by atoms with Gasteiger partial charge in [-0.15, -0.1) is 0 Å². The van der Waals surface area contributed by atoms with Crippen molar-refractivity contribution in [2.45, 2.75) is 26.7 Å². The predicted molar refractivity (Wildman–Crippen MR) is 40.8 cm³/mol. The highest BCUT2D eigenvalue weighted by Crippen LogP contribution is 2.03. The van der Waals surface area contributed by atoms with Crippen LogP contribution in [-0.2, 0) is 4.79 Å². The third-order valence-electron chi connectivity index (χ3n) is 1.17. The SMILES string of the molecule is CC(C)CCC=CC(=O)O. The van der Waals surface area contributed by atoms with Gasteiger partial charge < -0.3 is 5.11 Å². The molecule has 0 aromatic heterocycles. The predicted octanol–water partition coefficient (Wildman–Crippen LogP) is 2.06. The lowest BCUT2D eigenvalue weighted by atomic mass is 10.1. The smallest absolute Gasteiger partial charge is 0.327 e. The summed E-state index contributed by atoms with van der Waals surface area (Å²) in [4.78, 5) is 9.96. The number of rotatable bonds is 4. The number of carboxylic acid groups (broad SMARTS) is 1. The van der Waals surface area contributed by atoms with Crippen LogP contribution < -0.4 is 0 Å². The lowest BCUT2D eigenvalue weighted by Crippen LogP contribution is -1.87. The van der Waals surface area contributed by atoms with Crippen LogP contribution in [0.4, 0.5) is 0 Å². The molecular formula is C8H14O2. The number of carbonyl (C=O) groups is 1. The molecule has 0 aliphatic carbocycles. The number of aliphatic carboxylic acids is 1. The van der Waals surface area contributed by atoms with E-state index in [9.17, 15) is 4.79 Å². The minimum absolute atomic E-state index is 0.651. The first-order chi connectivity index (χ1) is 4.63. The van der Waals surface area contributed by atoms with E-state index in [1.165, 1.54) is 6.08 Å². The summed E-state index contributed by atoms with van der Waals surface area (Å²) in [6.45, 7) is 4.24. The monoisotopic (exact) mass is 142 g/mol. The Labute approximate surface area is 61.6 Å². The fourth-order valence-electron chi connectivity index (χ4n) is 0.614. The zero-order chi connectivity index (χ0) is 7.98. The van der Waals surface area contributed by atoms with Crippen LogP contribution in [0.3, 0.4) is 0 Å². The lowest BCUT2D eigenvalue weighted by molar-refractivity contribution is -0.131. The summed E-state index contributed by atoms with van der Waals surface area (Å²) in [5.74, 6) is -0.206. The number of hydrogen-bond donors (Lipinski definition) is 1. The Bertz CT molecular complexity index is 125. The molecule has 0 aromatic rings. The Morgan fingerprint density at radius 2 is 2.20 bits per heavy atom. The first-order valence-electron chi connectivity index (χ1n) is 3.52. The van der Waals surface area contributed by atoms with Crippen molar-refractivity contribution in [3.05, 3.63) is 12.2 Å². The topological polar surface area (TPSA) is 37.3 Å². The van der Waals surface area contributed by atoms with Gasteiger partial charge in [-0.3, -0.25) is 0 Å². The average molecular weight is 142 g/mol. The Balaban J connectivity index is 3.27. The molecule has 0 bridgehead atoms. The van der Waals surface area contributed by atoms with E-state index in [-0.39, 0.29) is 0 Å². The molecule has 0 radical (unpaired) electrons. The van der Waals surface area contributed by atoms with E-state index < -0.39 is 5.97 Å². The van der Waals surface area contributed by atoms with Gasteiger partial charge in [0, 0.05) is 6.08 Å². The van der Waals surface area contributed by atoms with Crippen molar-refractivity contribution in [3.63, 3.8) is 0 Å². The highest BCUT2D eigenvalue weighted by molar-refractivity contribution is 5.79. The maximum absolute atomic E-state index is 9.96. The molecule has 0 saturated carbocycles. The second-order valence-electron chi connectivity index (χ2n) is 2.71. The first-order valence-corrected chi connectivity index (χ1v) is 3.52. The van der Waals surface area contributed by atoms with Crippen molar-refractivity contribution >= 4 is 5.97 Å². The van der Waals surface area contributed by atoms with E-state index in [4.69, 9.17) is 5.11 Å². The molecule has 0 rings (SSSR count). The fourth-order valence-corrected chi connectivity index (χ4v) is 0.614. The first kappa shape index (κ1) is 9.21. The average Bonchev–Trinajstić information content (AvgIpc) is 1.79. The summed E-state index contributed by atoms with van der Waals surface area (Å²) in [5.41, 5.74) is 0. The van der Waals surface area contributed by atoms with Gasteiger partial charge in [0.1, 0.15) is 0 Å². The molecule has 0 atom stereocenters. The maximum Gasteiger partial charge on any atom is 0.327 e. The number of allylic oxidation sites excluding steroid dienone is 1. The molecule has 0 fully saturated rings. The van der Waals surface area contributed by atoms with Gasteiger partial charge in [-0.25, -0.2) is 4.79 Å². The van der Waals surface area contributed by atoms with Gasteiger partial charge in [0.25, 0.3) is 0 Å². The fraction of sp³-hybridized carbons (Fsp3) is 0.625. The summed E-state index contributed by atoms with van der Waals surface area (Å²) < 4.78 is 0. The summed E-state index contributed by atoms with van der Waals surface area (Å²) in [5, 5.41) is 8.19. The number of carboxylic acids is 1. The normalized spacial score (nSPS) is 11.1. The minimum Gasteiger partial charge on any atom is -0.478 e. The lowest BCUT2D eigenvalue weighted by Gasteiger charge is -1.97. The molecule has 0 heterocycles. The Morgan fingerprint density at radius 1 is 1.60 bits per heavy atom. The van der Waals surface area contributed by atoms with Crippen LogP contribution in [0.1, 0.15) is 26.7 Å². The standard InChI is InChI=1S/C8H14O2/c1-7(2)5-3-4-6-8(9)10/h4,6-7H,3,5H2,1-2H3,(H,9,10). The zero-order valence-electron chi connectivity index (χ0n) is 6.50. The Kier molecular flexibility index (Phi) is 4.63. The van der Waals surface area contributed by atoms with Crippen molar-refractivity contribution < 1.29 is 9.90 Å². The molecule has 0 aliphatic heterocycles. The molecule has 10 heavy (non-hydrogen) atoms. The summed E-state index contributed by atoms with van der Waals surface area (Å²) >= 11 is 0. The molecule has 0 saturated heterocycles. The van der Waals surface area contributed by atoms with Crippen LogP contribution in [-0.4, -0.2) is 11.1 Å². The van der Waals surface area contributed by atoms with E-state index in [1.54, 1.807) is 6.08 Å². The van der Waals surface area contributed by atoms with E-state index in [0.29, 0.717) is 5.92 Å².